The van der Waals surface area contributed by atoms with Crippen LogP contribution in [0.5, 0.6) is 0 Å². The number of rotatable bonds is 9. The summed E-state index contributed by atoms with van der Waals surface area (Å²) in [7, 11) is 0. The Morgan fingerprint density at radius 2 is 1.50 bits per heavy atom. The van der Waals surface area contributed by atoms with Gasteiger partial charge < -0.3 is 0 Å². The molecule has 0 aromatic carbocycles. The largest absolute Gasteiger partial charge is 0.230 e. The van der Waals surface area contributed by atoms with Gasteiger partial charge in [0.2, 0.25) is 0 Å². The Morgan fingerprint density at radius 3 is 1.90 bits per heavy atom. The van der Waals surface area contributed by atoms with Crippen molar-refractivity contribution in [3.8, 4) is 0 Å². The van der Waals surface area contributed by atoms with Gasteiger partial charge >= 0.3 is 0 Å². The third kappa shape index (κ3) is 7.02. The second-order valence-electron chi connectivity index (χ2n) is 7.83. The quantitative estimate of drug-likeness (QED) is 0.346. The first-order chi connectivity index (χ1) is 8.96. The molecule has 0 aliphatic heterocycles. The van der Waals surface area contributed by atoms with Crippen LogP contribution >= 0.6 is 0 Å². The van der Waals surface area contributed by atoms with Gasteiger partial charge in [0.25, 0.3) is 0 Å². The first-order valence-corrected chi connectivity index (χ1v) is 7.62. The van der Waals surface area contributed by atoms with Crippen LogP contribution in [0.15, 0.2) is 0 Å². The molecule has 0 spiro atoms. The molecule has 0 bridgehead atoms. The Bertz CT molecular complexity index is 266. The number of hydrogen-bond acceptors (Lipinski definition) is 3. The highest BCUT2D eigenvalue weighted by molar-refractivity contribution is 4.88. The highest BCUT2D eigenvalue weighted by atomic mass is 17.2. The van der Waals surface area contributed by atoms with Gasteiger partial charge in [-0.2, -0.15) is 4.89 Å². The maximum absolute atomic E-state index is 10.9. The predicted octanol–water partition coefficient (Wildman–Crippen LogP) is 4.85. The molecule has 0 aliphatic rings. The van der Waals surface area contributed by atoms with E-state index >= 15 is 0 Å². The van der Waals surface area contributed by atoms with E-state index in [0.717, 1.165) is 12.8 Å². The molecule has 4 heteroatoms. The number of unbranched alkanes of at least 4 members (excludes halogenated alkanes) is 2. The van der Waals surface area contributed by atoms with Crippen LogP contribution in [0.3, 0.4) is 0 Å². The fraction of sp³-hybridized carbons (Fsp3) is 1.00. The highest BCUT2D eigenvalue weighted by Crippen LogP contribution is 2.34. The molecule has 0 aromatic heterocycles. The van der Waals surface area contributed by atoms with Crippen LogP contribution in [-0.2, 0) is 19.9 Å². The highest BCUT2D eigenvalue weighted by Gasteiger charge is 2.43. The normalized spacial score (nSPS) is 15.4. The smallest absolute Gasteiger partial charge is 0.131 e. The molecule has 1 unspecified atom stereocenters. The lowest BCUT2D eigenvalue weighted by Gasteiger charge is -2.39. The lowest BCUT2D eigenvalue weighted by atomic mass is 9.80. The van der Waals surface area contributed by atoms with Gasteiger partial charge in [0.15, 0.2) is 0 Å². The van der Waals surface area contributed by atoms with Crippen molar-refractivity contribution in [2.75, 3.05) is 0 Å². The number of hydrogen-bond donors (Lipinski definition) is 0. The first-order valence-electron chi connectivity index (χ1n) is 7.62. The van der Waals surface area contributed by atoms with E-state index in [0.29, 0.717) is 0 Å². The summed E-state index contributed by atoms with van der Waals surface area (Å²) in [5, 5.41) is 10.9. The second kappa shape index (κ2) is 7.74. The van der Waals surface area contributed by atoms with Gasteiger partial charge in [0.1, 0.15) is 11.7 Å². The van der Waals surface area contributed by atoms with Crippen LogP contribution in [0, 0.1) is 5.41 Å². The summed E-state index contributed by atoms with van der Waals surface area (Å²) in [5.74, 6) is 0. The molecule has 121 valence electrons. The molecule has 0 saturated heterocycles. The van der Waals surface area contributed by atoms with Crippen molar-refractivity contribution in [3.63, 3.8) is 0 Å². The van der Waals surface area contributed by atoms with Gasteiger partial charge in [-0.1, -0.05) is 47.0 Å². The minimum Gasteiger partial charge on any atom is -0.230 e. The lowest BCUT2D eigenvalue weighted by molar-refractivity contribution is -0.454. The minimum atomic E-state index is -0.947. The monoisotopic (exact) mass is 289 g/mol. The van der Waals surface area contributed by atoms with Crippen LogP contribution < -0.4 is 0 Å². The third-order valence-corrected chi connectivity index (χ3v) is 3.39. The van der Waals surface area contributed by atoms with E-state index in [4.69, 9.17) is 9.78 Å². The zero-order valence-corrected chi connectivity index (χ0v) is 14.5. The molecular formula is C16H33O4. The summed E-state index contributed by atoms with van der Waals surface area (Å²) >= 11 is 0. The Morgan fingerprint density at radius 1 is 0.950 bits per heavy atom. The fourth-order valence-electron chi connectivity index (χ4n) is 2.37. The molecule has 0 rings (SSSR count). The van der Waals surface area contributed by atoms with E-state index in [1.54, 1.807) is 13.8 Å². The SMILES string of the molecule is CCCCCC(C)(C)OOC(C(C)(C)C)C(C)(C)O[O]. The molecule has 0 aliphatic carbocycles. The van der Waals surface area contributed by atoms with Crippen molar-refractivity contribution >= 4 is 0 Å². The van der Waals surface area contributed by atoms with E-state index in [1.807, 2.05) is 34.6 Å². The Kier molecular flexibility index (Phi) is 7.67. The average molecular weight is 289 g/mol. The van der Waals surface area contributed by atoms with E-state index < -0.39 is 11.7 Å². The first kappa shape index (κ1) is 19.8. The van der Waals surface area contributed by atoms with E-state index in [2.05, 4.69) is 11.8 Å². The maximum Gasteiger partial charge on any atom is 0.131 e. The third-order valence-electron chi connectivity index (χ3n) is 3.39. The summed E-state index contributed by atoms with van der Waals surface area (Å²) in [6.07, 6.45) is 3.95. The van der Waals surface area contributed by atoms with Crippen molar-refractivity contribution in [2.24, 2.45) is 5.41 Å². The molecule has 1 atom stereocenters. The van der Waals surface area contributed by atoms with Gasteiger partial charge in [-0.15, -0.1) is 0 Å². The second-order valence-corrected chi connectivity index (χ2v) is 7.83. The van der Waals surface area contributed by atoms with Gasteiger partial charge in [-0.3, -0.25) is 0 Å². The zero-order chi connectivity index (χ0) is 16.0. The molecule has 1 radical (unpaired) electrons. The summed E-state index contributed by atoms with van der Waals surface area (Å²) in [4.78, 5) is 15.6. The Labute approximate surface area is 124 Å². The fourth-order valence-corrected chi connectivity index (χ4v) is 2.37. The van der Waals surface area contributed by atoms with Crippen molar-refractivity contribution in [2.45, 2.75) is 98.4 Å². The standard InChI is InChI=1S/C16H33O4/c1-9-10-11-12-15(5,6)20-18-13(14(2,3)4)16(7,8)19-17/h13H,9-12H2,1-8H3. The molecule has 0 heterocycles. The van der Waals surface area contributed by atoms with Crippen molar-refractivity contribution < 1.29 is 19.9 Å². The van der Waals surface area contributed by atoms with Crippen molar-refractivity contribution in [1.29, 1.82) is 0 Å². The molecule has 4 nitrogen and oxygen atoms in total. The molecule has 0 aromatic rings. The topological polar surface area (TPSA) is 47.6 Å². The molecule has 0 N–H and O–H groups in total. The summed E-state index contributed by atoms with van der Waals surface area (Å²) in [6, 6.07) is 0. The Hall–Kier alpha value is -0.160. The predicted molar refractivity (Wildman–Crippen MR) is 79.5 cm³/mol. The summed E-state index contributed by atoms with van der Waals surface area (Å²) in [5.41, 5.74) is -1.57. The molecular weight excluding hydrogens is 256 g/mol. The molecule has 0 amide bonds. The van der Waals surface area contributed by atoms with Gasteiger partial charge in [-0.25, -0.2) is 9.78 Å². The van der Waals surface area contributed by atoms with Crippen LogP contribution in [0.1, 0.15) is 81.1 Å². The van der Waals surface area contributed by atoms with Gasteiger partial charge in [0, 0.05) is 0 Å². The van der Waals surface area contributed by atoms with E-state index in [9.17, 15) is 5.26 Å². The van der Waals surface area contributed by atoms with Crippen LogP contribution in [0.25, 0.3) is 0 Å². The van der Waals surface area contributed by atoms with Gasteiger partial charge in [0.05, 0.1) is 5.60 Å². The molecule has 0 saturated carbocycles. The summed E-state index contributed by atoms with van der Waals surface area (Å²) < 4.78 is 0. The van der Waals surface area contributed by atoms with Gasteiger partial charge in [-0.05, 0) is 44.8 Å². The Balaban J connectivity index is 4.62. The van der Waals surface area contributed by atoms with Crippen molar-refractivity contribution in [1.82, 2.24) is 0 Å². The summed E-state index contributed by atoms with van der Waals surface area (Å²) in [6.45, 7) is 15.7. The maximum atomic E-state index is 10.9. The van der Waals surface area contributed by atoms with E-state index in [1.165, 1.54) is 12.8 Å². The van der Waals surface area contributed by atoms with Crippen molar-refractivity contribution in [3.05, 3.63) is 0 Å². The van der Waals surface area contributed by atoms with E-state index in [-0.39, 0.29) is 11.0 Å². The minimum absolute atomic E-state index is 0.257. The molecule has 20 heavy (non-hydrogen) atoms. The van der Waals surface area contributed by atoms with Crippen LogP contribution in [-0.4, -0.2) is 17.3 Å². The lowest BCUT2D eigenvalue weighted by Crippen LogP contribution is -2.49. The zero-order valence-electron chi connectivity index (χ0n) is 14.5. The molecule has 0 fully saturated rings. The average Bonchev–Trinajstić information content (AvgIpc) is 2.27. The van der Waals surface area contributed by atoms with Crippen LogP contribution in [0.2, 0.25) is 0 Å². The van der Waals surface area contributed by atoms with Crippen LogP contribution in [0.4, 0.5) is 0 Å².